The monoisotopic (exact) mass is 343 g/mol. The fourth-order valence-electron chi connectivity index (χ4n) is 2.64. The molecule has 128 valence electrons. The molecule has 0 fully saturated rings. The van der Waals surface area contributed by atoms with Crippen LogP contribution in [0.25, 0.3) is 10.9 Å². The van der Waals surface area contributed by atoms with Gasteiger partial charge in [-0.15, -0.1) is 0 Å². The second-order valence-electron chi connectivity index (χ2n) is 5.58. The number of nitrogens with zero attached hydrogens (tertiary/aromatic N) is 5. The SMILES string of the molecule is CN(CCCc1[nH]nc(N)c1C#N)c1ncnc2cc(F)c(F)cc12. The van der Waals surface area contributed by atoms with E-state index in [1.807, 2.05) is 11.0 Å². The maximum absolute atomic E-state index is 13.5. The molecule has 0 unspecified atom stereocenters. The van der Waals surface area contributed by atoms with Gasteiger partial charge in [0.1, 0.15) is 23.8 Å². The quantitative estimate of drug-likeness (QED) is 0.735. The first-order valence-corrected chi connectivity index (χ1v) is 7.55. The van der Waals surface area contributed by atoms with Gasteiger partial charge in [-0.2, -0.15) is 10.4 Å². The highest BCUT2D eigenvalue weighted by Gasteiger charge is 2.14. The van der Waals surface area contributed by atoms with Crippen LogP contribution in [-0.4, -0.2) is 33.8 Å². The van der Waals surface area contributed by atoms with Gasteiger partial charge in [0.25, 0.3) is 0 Å². The molecular weight excluding hydrogens is 328 g/mol. The number of fused-ring (bicyclic) bond motifs is 1. The van der Waals surface area contributed by atoms with Gasteiger partial charge < -0.3 is 10.6 Å². The van der Waals surface area contributed by atoms with Crippen molar-refractivity contribution in [2.75, 3.05) is 24.2 Å². The highest BCUT2D eigenvalue weighted by atomic mass is 19.2. The third-order valence-corrected chi connectivity index (χ3v) is 3.92. The largest absolute Gasteiger partial charge is 0.381 e. The minimum Gasteiger partial charge on any atom is -0.381 e. The van der Waals surface area contributed by atoms with Gasteiger partial charge in [-0.25, -0.2) is 18.7 Å². The van der Waals surface area contributed by atoms with Crippen LogP contribution in [0.5, 0.6) is 0 Å². The summed E-state index contributed by atoms with van der Waals surface area (Å²) in [7, 11) is 1.80. The molecule has 0 amide bonds. The number of H-pyrrole nitrogens is 1. The van der Waals surface area contributed by atoms with E-state index in [0.717, 1.165) is 12.1 Å². The minimum atomic E-state index is -0.944. The van der Waals surface area contributed by atoms with Gasteiger partial charge in [-0.05, 0) is 18.9 Å². The zero-order chi connectivity index (χ0) is 18.0. The number of aromatic amines is 1. The molecule has 3 N–H and O–H groups in total. The summed E-state index contributed by atoms with van der Waals surface area (Å²) in [5, 5.41) is 16.1. The summed E-state index contributed by atoms with van der Waals surface area (Å²) in [5.41, 5.74) is 6.97. The van der Waals surface area contributed by atoms with Crippen LogP contribution < -0.4 is 10.6 Å². The predicted octanol–water partition coefficient (Wildman–Crippen LogP) is 2.15. The lowest BCUT2D eigenvalue weighted by Gasteiger charge is -2.19. The van der Waals surface area contributed by atoms with E-state index in [1.165, 1.54) is 6.33 Å². The number of aryl methyl sites for hydroxylation is 1. The Labute approximate surface area is 142 Å². The molecule has 0 spiro atoms. The number of nitrogen functional groups attached to an aromatic ring is 1. The van der Waals surface area contributed by atoms with E-state index in [4.69, 9.17) is 11.0 Å². The molecule has 0 radical (unpaired) electrons. The Hall–Kier alpha value is -3.28. The number of nitrogens with one attached hydrogen (secondary N) is 1. The van der Waals surface area contributed by atoms with Crippen LogP contribution in [0.2, 0.25) is 0 Å². The van der Waals surface area contributed by atoms with Crippen molar-refractivity contribution in [2.24, 2.45) is 0 Å². The Morgan fingerprint density at radius 3 is 2.80 bits per heavy atom. The molecule has 0 bridgehead atoms. The maximum Gasteiger partial charge on any atom is 0.163 e. The smallest absolute Gasteiger partial charge is 0.163 e. The van der Waals surface area contributed by atoms with Gasteiger partial charge in [-0.3, -0.25) is 5.10 Å². The molecule has 0 saturated heterocycles. The van der Waals surface area contributed by atoms with Crippen LogP contribution in [0.15, 0.2) is 18.5 Å². The molecule has 1 aromatic carbocycles. The summed E-state index contributed by atoms with van der Waals surface area (Å²) >= 11 is 0. The van der Waals surface area contributed by atoms with Crippen molar-refractivity contribution in [3.63, 3.8) is 0 Å². The molecule has 3 rings (SSSR count). The molecular formula is C16H15F2N7. The Balaban J connectivity index is 1.75. The average Bonchev–Trinajstić information content (AvgIpc) is 2.95. The van der Waals surface area contributed by atoms with Crippen molar-refractivity contribution in [1.29, 1.82) is 5.26 Å². The van der Waals surface area contributed by atoms with Crippen molar-refractivity contribution in [3.8, 4) is 6.07 Å². The number of aromatic nitrogens is 4. The van der Waals surface area contributed by atoms with Crippen LogP contribution in [0, 0.1) is 23.0 Å². The van der Waals surface area contributed by atoms with E-state index in [-0.39, 0.29) is 5.82 Å². The zero-order valence-electron chi connectivity index (χ0n) is 13.4. The number of anilines is 2. The topological polar surface area (TPSA) is 108 Å². The van der Waals surface area contributed by atoms with Gasteiger partial charge >= 0.3 is 0 Å². The molecule has 2 aromatic heterocycles. The molecule has 0 aliphatic rings. The predicted molar refractivity (Wildman–Crippen MR) is 88.8 cm³/mol. The lowest BCUT2D eigenvalue weighted by Crippen LogP contribution is -2.21. The second-order valence-corrected chi connectivity index (χ2v) is 5.58. The molecule has 9 heteroatoms. The van der Waals surface area contributed by atoms with E-state index < -0.39 is 11.6 Å². The number of nitrogens with two attached hydrogens (primary N) is 1. The average molecular weight is 343 g/mol. The highest BCUT2D eigenvalue weighted by Crippen LogP contribution is 2.24. The lowest BCUT2D eigenvalue weighted by atomic mass is 10.1. The molecule has 0 aliphatic carbocycles. The normalized spacial score (nSPS) is 10.8. The number of rotatable bonds is 5. The molecule has 3 aromatic rings. The van der Waals surface area contributed by atoms with E-state index in [1.54, 1.807) is 7.05 Å². The first-order valence-electron chi connectivity index (χ1n) is 7.55. The summed E-state index contributed by atoms with van der Waals surface area (Å²) in [6.07, 6.45) is 2.57. The van der Waals surface area contributed by atoms with Crippen LogP contribution in [0.3, 0.4) is 0 Å². The molecule has 2 heterocycles. The highest BCUT2D eigenvalue weighted by molar-refractivity contribution is 5.89. The van der Waals surface area contributed by atoms with E-state index >= 15 is 0 Å². The van der Waals surface area contributed by atoms with Crippen LogP contribution in [0.4, 0.5) is 20.4 Å². The summed E-state index contributed by atoms with van der Waals surface area (Å²) in [4.78, 5) is 9.97. The molecule has 0 aliphatic heterocycles. The molecule has 0 atom stereocenters. The first-order chi connectivity index (χ1) is 12.0. The van der Waals surface area contributed by atoms with E-state index in [9.17, 15) is 8.78 Å². The van der Waals surface area contributed by atoms with E-state index in [2.05, 4.69) is 20.2 Å². The number of hydrogen-bond acceptors (Lipinski definition) is 6. The third kappa shape index (κ3) is 3.19. The summed E-state index contributed by atoms with van der Waals surface area (Å²) in [6.45, 7) is 0.578. The van der Waals surface area contributed by atoms with Gasteiger partial charge in [0, 0.05) is 25.0 Å². The Kier molecular flexibility index (Phi) is 4.43. The molecule has 7 nitrogen and oxygen atoms in total. The number of halogens is 2. The fraction of sp³-hybridized carbons (Fsp3) is 0.250. The standard InChI is InChI=1S/C16H15F2N7/c1-25(4-2-3-13-10(7-19)15(20)24-23-13)16-9-5-11(17)12(18)6-14(9)21-8-22-16/h5-6,8H,2-4H2,1H3,(H3,20,23,24). The van der Waals surface area contributed by atoms with Gasteiger partial charge in [0.05, 0.1) is 11.2 Å². The van der Waals surface area contributed by atoms with Crippen molar-refractivity contribution in [3.05, 3.63) is 41.4 Å². The van der Waals surface area contributed by atoms with Gasteiger partial charge in [-0.1, -0.05) is 0 Å². The van der Waals surface area contributed by atoms with Gasteiger partial charge in [0.2, 0.25) is 0 Å². The van der Waals surface area contributed by atoms with Crippen molar-refractivity contribution >= 4 is 22.5 Å². The molecule has 0 saturated carbocycles. The Bertz CT molecular complexity index is 961. The number of benzene rings is 1. The molecule has 25 heavy (non-hydrogen) atoms. The summed E-state index contributed by atoms with van der Waals surface area (Å²) in [6, 6.07) is 4.17. The van der Waals surface area contributed by atoms with Crippen LogP contribution >= 0.6 is 0 Å². The zero-order valence-corrected chi connectivity index (χ0v) is 13.4. The van der Waals surface area contributed by atoms with Crippen molar-refractivity contribution in [1.82, 2.24) is 20.2 Å². The van der Waals surface area contributed by atoms with Crippen LogP contribution in [0.1, 0.15) is 17.7 Å². The second kappa shape index (κ2) is 6.68. The van der Waals surface area contributed by atoms with Crippen LogP contribution in [-0.2, 0) is 6.42 Å². The van der Waals surface area contributed by atoms with Crippen molar-refractivity contribution < 1.29 is 8.78 Å². The lowest BCUT2D eigenvalue weighted by molar-refractivity contribution is 0.510. The first kappa shape index (κ1) is 16.6. The minimum absolute atomic E-state index is 0.185. The fourth-order valence-corrected chi connectivity index (χ4v) is 2.64. The Morgan fingerprint density at radius 1 is 1.28 bits per heavy atom. The number of nitriles is 1. The third-order valence-electron chi connectivity index (χ3n) is 3.92. The maximum atomic E-state index is 13.5. The summed E-state index contributed by atoms with van der Waals surface area (Å²) in [5.74, 6) is -1.19. The van der Waals surface area contributed by atoms with Gasteiger partial charge in [0.15, 0.2) is 17.5 Å². The van der Waals surface area contributed by atoms with E-state index in [0.29, 0.717) is 47.4 Å². The number of hydrogen-bond donors (Lipinski definition) is 2. The van der Waals surface area contributed by atoms with Crippen molar-refractivity contribution in [2.45, 2.75) is 12.8 Å². The Morgan fingerprint density at radius 2 is 2.04 bits per heavy atom. The summed E-state index contributed by atoms with van der Waals surface area (Å²) < 4.78 is 26.9.